The predicted octanol–water partition coefficient (Wildman–Crippen LogP) is 4.28. The summed E-state index contributed by atoms with van der Waals surface area (Å²) in [7, 11) is 0. The number of alkyl carbamates (subject to hydrolysis) is 1. The highest BCUT2D eigenvalue weighted by molar-refractivity contribution is 5.87. The molecule has 13 nitrogen and oxygen atoms in total. The van der Waals surface area contributed by atoms with Crippen LogP contribution < -0.4 is 20.2 Å². The Kier molecular flexibility index (Phi) is 10.8. The molecule has 0 saturated heterocycles. The molecule has 0 aliphatic carbocycles. The number of rotatable bonds is 14. The molecular weight excluding hydrogens is 556 g/mol. The lowest BCUT2D eigenvalue weighted by Crippen LogP contribution is -2.47. The summed E-state index contributed by atoms with van der Waals surface area (Å²) >= 11 is 0. The molecule has 222 valence electrons. The van der Waals surface area contributed by atoms with Gasteiger partial charge in [0.2, 0.25) is 0 Å². The number of hydrazone groups is 1. The number of hydrogen-bond donors (Lipinski definition) is 3. The molecule has 0 fully saturated rings. The Balaban J connectivity index is 1.36. The van der Waals surface area contributed by atoms with Crippen LogP contribution in [0.3, 0.4) is 0 Å². The largest absolute Gasteiger partial charge is 0.490 e. The normalized spacial score (nSPS) is 11.5. The maximum Gasteiger partial charge on any atom is 0.408 e. The van der Waals surface area contributed by atoms with Gasteiger partial charge in [-0.1, -0.05) is 30.3 Å². The van der Waals surface area contributed by atoms with Gasteiger partial charge in [0, 0.05) is 30.4 Å². The Labute approximate surface area is 247 Å². The summed E-state index contributed by atoms with van der Waals surface area (Å²) in [6, 6.07) is 19.4. The summed E-state index contributed by atoms with van der Waals surface area (Å²) in [6.07, 6.45) is 3.85. The van der Waals surface area contributed by atoms with E-state index in [4.69, 9.17) is 14.2 Å². The van der Waals surface area contributed by atoms with Gasteiger partial charge in [0.25, 0.3) is 11.6 Å². The molecule has 0 aliphatic rings. The second kappa shape index (κ2) is 15.3. The van der Waals surface area contributed by atoms with E-state index >= 15 is 0 Å². The van der Waals surface area contributed by atoms with Crippen LogP contribution in [0.15, 0.2) is 90.4 Å². The Bertz CT molecular complexity index is 1530. The van der Waals surface area contributed by atoms with Crippen molar-refractivity contribution in [1.29, 1.82) is 0 Å². The van der Waals surface area contributed by atoms with Crippen molar-refractivity contribution >= 4 is 23.9 Å². The number of nitrogens with one attached hydrogen (secondary N) is 3. The highest BCUT2D eigenvalue weighted by atomic mass is 16.6. The zero-order valence-corrected chi connectivity index (χ0v) is 23.3. The number of amides is 2. The van der Waals surface area contributed by atoms with Crippen molar-refractivity contribution in [3.05, 3.63) is 118 Å². The Morgan fingerprint density at radius 3 is 2.49 bits per heavy atom. The van der Waals surface area contributed by atoms with Crippen molar-refractivity contribution in [2.75, 3.05) is 6.61 Å². The van der Waals surface area contributed by atoms with E-state index < -0.39 is 23.0 Å². The molecule has 1 atom stereocenters. The van der Waals surface area contributed by atoms with Crippen LogP contribution in [0.25, 0.3) is 0 Å². The smallest absolute Gasteiger partial charge is 0.408 e. The molecular formula is C30H30N6O7. The number of benzene rings is 3. The number of nitrogens with zero attached hydrogens (tertiary/aromatic N) is 3. The standard InChI is InChI=1S/C30H30N6O7/c1-2-41-28-14-23(10-13-27(28)42-18-22-8-11-25(12-9-22)36(39)40)16-33-35-29(37)26(15-24-17-31-20-32-24)34-30(38)43-19-21-6-4-3-5-7-21/h3-14,16-17,20,26H,2,15,18-19H2,1H3,(H,31,32)(H,34,38)(H,35,37)/b33-16-/t26-/m0/s1. The summed E-state index contributed by atoms with van der Waals surface area (Å²) in [5, 5.41) is 17.5. The van der Waals surface area contributed by atoms with Crippen molar-refractivity contribution in [2.24, 2.45) is 5.10 Å². The predicted molar refractivity (Wildman–Crippen MR) is 157 cm³/mol. The molecule has 0 unspecified atom stereocenters. The number of carbonyl (C=O) groups excluding carboxylic acids is 2. The van der Waals surface area contributed by atoms with Gasteiger partial charge in [0.05, 0.1) is 24.1 Å². The number of aromatic nitrogens is 2. The monoisotopic (exact) mass is 586 g/mol. The van der Waals surface area contributed by atoms with Gasteiger partial charge in [-0.2, -0.15) is 5.10 Å². The molecule has 0 radical (unpaired) electrons. The number of carbonyl (C=O) groups is 2. The fourth-order valence-electron chi connectivity index (χ4n) is 3.85. The van der Waals surface area contributed by atoms with Crippen LogP contribution in [0.1, 0.15) is 29.3 Å². The minimum absolute atomic E-state index is 0.000821. The lowest BCUT2D eigenvalue weighted by molar-refractivity contribution is -0.384. The van der Waals surface area contributed by atoms with Gasteiger partial charge in [-0.15, -0.1) is 0 Å². The third kappa shape index (κ3) is 9.42. The average Bonchev–Trinajstić information content (AvgIpc) is 3.53. The molecule has 0 aliphatic heterocycles. The van der Waals surface area contributed by atoms with Crippen LogP contribution >= 0.6 is 0 Å². The van der Waals surface area contributed by atoms with Crippen LogP contribution in [0.4, 0.5) is 10.5 Å². The number of non-ortho nitro benzene ring substituents is 1. The van der Waals surface area contributed by atoms with Crippen LogP contribution in [-0.4, -0.2) is 45.8 Å². The summed E-state index contributed by atoms with van der Waals surface area (Å²) in [6.45, 7) is 2.45. The zero-order valence-electron chi connectivity index (χ0n) is 23.3. The van der Waals surface area contributed by atoms with Crippen LogP contribution in [0, 0.1) is 10.1 Å². The number of nitro benzene ring substituents is 1. The summed E-state index contributed by atoms with van der Waals surface area (Å²) < 4.78 is 16.8. The first-order valence-electron chi connectivity index (χ1n) is 13.3. The van der Waals surface area contributed by atoms with E-state index in [2.05, 4.69) is 25.8 Å². The second-order valence-electron chi connectivity index (χ2n) is 9.13. The van der Waals surface area contributed by atoms with Crippen LogP contribution in [0.5, 0.6) is 11.5 Å². The molecule has 1 heterocycles. The molecule has 2 amide bonds. The molecule has 0 spiro atoms. The number of nitro groups is 1. The maximum atomic E-state index is 13.0. The Morgan fingerprint density at radius 2 is 1.79 bits per heavy atom. The van der Waals surface area contributed by atoms with Crippen LogP contribution in [0.2, 0.25) is 0 Å². The first kappa shape index (κ1) is 30.2. The van der Waals surface area contributed by atoms with Gasteiger partial charge in [-0.3, -0.25) is 14.9 Å². The van der Waals surface area contributed by atoms with Gasteiger partial charge in [-0.25, -0.2) is 15.2 Å². The first-order valence-corrected chi connectivity index (χ1v) is 13.3. The van der Waals surface area contributed by atoms with E-state index in [1.807, 2.05) is 37.3 Å². The molecule has 0 saturated carbocycles. The number of ether oxygens (including phenoxy) is 3. The minimum atomic E-state index is -0.991. The number of imidazole rings is 1. The molecule has 1 aromatic heterocycles. The van der Waals surface area contributed by atoms with Gasteiger partial charge in [0.1, 0.15) is 19.3 Å². The van der Waals surface area contributed by atoms with Crippen molar-refractivity contribution < 1.29 is 28.7 Å². The summed E-state index contributed by atoms with van der Waals surface area (Å²) in [5.74, 6) is 0.370. The number of hydrogen-bond acceptors (Lipinski definition) is 9. The third-order valence-electron chi connectivity index (χ3n) is 6.00. The lowest BCUT2D eigenvalue weighted by Gasteiger charge is -2.16. The van der Waals surface area contributed by atoms with Crippen molar-refractivity contribution in [3.8, 4) is 11.5 Å². The van der Waals surface area contributed by atoms with Crippen molar-refractivity contribution in [2.45, 2.75) is 32.6 Å². The summed E-state index contributed by atoms with van der Waals surface area (Å²) in [5.41, 5.74) is 5.27. The van der Waals surface area contributed by atoms with E-state index in [1.54, 1.807) is 36.5 Å². The third-order valence-corrected chi connectivity index (χ3v) is 6.00. The van der Waals surface area contributed by atoms with E-state index in [0.29, 0.717) is 29.4 Å². The van der Waals surface area contributed by atoms with E-state index in [-0.39, 0.29) is 25.3 Å². The first-order chi connectivity index (χ1) is 20.9. The minimum Gasteiger partial charge on any atom is -0.490 e. The van der Waals surface area contributed by atoms with Gasteiger partial charge in [0.15, 0.2) is 11.5 Å². The van der Waals surface area contributed by atoms with Gasteiger partial charge >= 0.3 is 6.09 Å². The molecule has 4 aromatic rings. The second-order valence-corrected chi connectivity index (χ2v) is 9.13. The molecule has 0 bridgehead atoms. The van der Waals surface area contributed by atoms with Crippen molar-refractivity contribution in [1.82, 2.24) is 20.7 Å². The molecule has 3 N–H and O–H groups in total. The molecule has 4 rings (SSSR count). The topological polar surface area (TPSA) is 170 Å². The maximum absolute atomic E-state index is 13.0. The highest BCUT2D eigenvalue weighted by Crippen LogP contribution is 2.29. The van der Waals surface area contributed by atoms with Gasteiger partial charge in [-0.05, 0) is 53.9 Å². The lowest BCUT2D eigenvalue weighted by atomic mass is 10.1. The molecule has 13 heteroatoms. The zero-order chi connectivity index (χ0) is 30.4. The van der Waals surface area contributed by atoms with E-state index in [9.17, 15) is 19.7 Å². The molecule has 3 aromatic carbocycles. The number of aromatic amines is 1. The van der Waals surface area contributed by atoms with Gasteiger partial charge < -0.3 is 24.5 Å². The SMILES string of the molecule is CCOc1cc(/C=N\NC(=O)[C@H](Cc2cnc[nH]2)NC(=O)OCc2ccccc2)ccc1OCc1ccc([N+](=O)[O-])cc1. The van der Waals surface area contributed by atoms with Crippen LogP contribution in [-0.2, 0) is 29.2 Å². The number of H-pyrrole nitrogens is 1. The van der Waals surface area contributed by atoms with Crippen molar-refractivity contribution in [3.63, 3.8) is 0 Å². The van der Waals surface area contributed by atoms with E-state index in [0.717, 1.165) is 11.1 Å². The quantitative estimate of drug-likeness (QED) is 0.112. The fraction of sp³-hybridized carbons (Fsp3) is 0.200. The van der Waals surface area contributed by atoms with E-state index in [1.165, 1.54) is 24.7 Å². The Morgan fingerprint density at radius 1 is 1.02 bits per heavy atom. The average molecular weight is 587 g/mol. The highest BCUT2D eigenvalue weighted by Gasteiger charge is 2.22. The summed E-state index contributed by atoms with van der Waals surface area (Å²) in [4.78, 5) is 42.7. The molecule has 43 heavy (non-hydrogen) atoms. The Hall–Kier alpha value is -5.72. The fourth-order valence-corrected chi connectivity index (χ4v) is 3.85.